The number of rotatable bonds is 9. The molecule has 0 saturated carbocycles. The van der Waals surface area contributed by atoms with Crippen molar-refractivity contribution < 1.29 is 23.5 Å². The van der Waals surface area contributed by atoms with Crippen molar-refractivity contribution in [3.63, 3.8) is 0 Å². The van der Waals surface area contributed by atoms with E-state index in [1.165, 1.54) is 13.2 Å². The Labute approximate surface area is 185 Å². The van der Waals surface area contributed by atoms with E-state index in [1.54, 1.807) is 60.7 Å². The number of benzene rings is 3. The van der Waals surface area contributed by atoms with Crippen LogP contribution in [0.3, 0.4) is 0 Å². The minimum Gasteiger partial charge on any atom is -0.468 e. The smallest absolute Gasteiger partial charge is 0.322 e. The highest BCUT2D eigenvalue weighted by molar-refractivity contribution is 5.75. The van der Waals surface area contributed by atoms with Crippen LogP contribution in [-0.4, -0.2) is 25.4 Å². The van der Waals surface area contributed by atoms with Gasteiger partial charge in [0.1, 0.15) is 29.6 Å². The van der Waals surface area contributed by atoms with Crippen LogP contribution >= 0.6 is 0 Å². The van der Waals surface area contributed by atoms with Crippen LogP contribution in [0.15, 0.2) is 66.7 Å². The van der Waals surface area contributed by atoms with E-state index in [0.29, 0.717) is 34.7 Å². The number of nitrogen functional groups attached to an aromatic ring is 1. The summed E-state index contributed by atoms with van der Waals surface area (Å²) in [6, 6.07) is 17.8. The third-order valence-corrected chi connectivity index (χ3v) is 5.14. The highest BCUT2D eigenvalue weighted by Gasteiger charge is 2.17. The fourth-order valence-corrected chi connectivity index (χ4v) is 3.39. The van der Waals surface area contributed by atoms with Gasteiger partial charge in [0.15, 0.2) is 0 Å². The Bertz CT molecular complexity index is 1090. The average molecular weight is 436 g/mol. The molecule has 4 N–H and O–H groups in total. The summed E-state index contributed by atoms with van der Waals surface area (Å²) in [7, 11) is 1.29. The molecule has 166 valence electrons. The van der Waals surface area contributed by atoms with E-state index in [1.807, 2.05) is 0 Å². The molecular weight excluding hydrogens is 411 g/mol. The van der Waals surface area contributed by atoms with E-state index in [0.717, 1.165) is 11.8 Å². The minimum absolute atomic E-state index is 0.193. The topological polar surface area (TPSA) is 105 Å². The number of anilines is 1. The van der Waals surface area contributed by atoms with Crippen LogP contribution in [0.4, 0.5) is 10.1 Å². The molecule has 0 bridgehead atoms. The monoisotopic (exact) mass is 436 g/mol. The molecule has 6 nitrogen and oxygen atoms in total. The van der Waals surface area contributed by atoms with Gasteiger partial charge < -0.3 is 25.7 Å². The lowest BCUT2D eigenvalue weighted by Gasteiger charge is -2.14. The zero-order valence-electron chi connectivity index (χ0n) is 17.7. The SMILES string of the molecule is COC(=O)C(N)Cc1ccc(Oc2ccc(CC(C=O)c3ccccc3N)c(F)c2)cc1. The first-order chi connectivity index (χ1) is 15.4. The average Bonchev–Trinajstić information content (AvgIpc) is 2.80. The van der Waals surface area contributed by atoms with Crippen LogP contribution in [0.5, 0.6) is 11.5 Å². The molecule has 32 heavy (non-hydrogen) atoms. The first-order valence-electron chi connectivity index (χ1n) is 10.1. The maximum absolute atomic E-state index is 14.7. The number of carbonyl (C=O) groups is 2. The second-order valence-electron chi connectivity index (χ2n) is 7.41. The first-order valence-corrected chi connectivity index (χ1v) is 10.1. The molecule has 0 heterocycles. The summed E-state index contributed by atoms with van der Waals surface area (Å²) in [4.78, 5) is 23.0. The molecule has 0 aliphatic carbocycles. The number of methoxy groups -OCH3 is 1. The predicted molar refractivity (Wildman–Crippen MR) is 120 cm³/mol. The number of aldehydes is 1. The Morgan fingerprint density at radius 2 is 1.72 bits per heavy atom. The number of esters is 1. The quantitative estimate of drug-likeness (QED) is 0.301. The number of carbonyl (C=O) groups excluding carboxylic acids is 2. The molecule has 2 atom stereocenters. The fraction of sp³-hybridized carbons (Fsp3) is 0.200. The molecule has 0 saturated heterocycles. The summed E-state index contributed by atoms with van der Waals surface area (Å²) in [6.45, 7) is 0. The van der Waals surface area contributed by atoms with Gasteiger partial charge in [0.2, 0.25) is 0 Å². The van der Waals surface area contributed by atoms with E-state index >= 15 is 0 Å². The van der Waals surface area contributed by atoms with Crippen LogP contribution in [0.25, 0.3) is 0 Å². The number of hydrogen-bond acceptors (Lipinski definition) is 6. The number of nitrogens with two attached hydrogens (primary N) is 2. The third kappa shape index (κ3) is 5.70. The van der Waals surface area contributed by atoms with Crippen molar-refractivity contribution in [2.45, 2.75) is 24.8 Å². The lowest BCUT2D eigenvalue weighted by molar-refractivity contribution is -0.142. The maximum Gasteiger partial charge on any atom is 0.322 e. The molecule has 3 rings (SSSR count). The van der Waals surface area contributed by atoms with E-state index in [4.69, 9.17) is 16.2 Å². The van der Waals surface area contributed by atoms with Crippen molar-refractivity contribution >= 4 is 17.9 Å². The van der Waals surface area contributed by atoms with Crippen LogP contribution < -0.4 is 16.2 Å². The van der Waals surface area contributed by atoms with Crippen molar-refractivity contribution in [1.29, 1.82) is 0 Å². The molecule has 2 unspecified atom stereocenters. The lowest BCUT2D eigenvalue weighted by atomic mass is 9.92. The molecule has 0 aliphatic heterocycles. The van der Waals surface area contributed by atoms with Crippen LogP contribution in [-0.2, 0) is 27.2 Å². The fourth-order valence-electron chi connectivity index (χ4n) is 3.39. The van der Waals surface area contributed by atoms with Gasteiger partial charge in [0.25, 0.3) is 0 Å². The highest BCUT2D eigenvalue weighted by Crippen LogP contribution is 2.28. The Hall–Kier alpha value is -3.71. The van der Waals surface area contributed by atoms with Gasteiger partial charge in [-0.1, -0.05) is 36.4 Å². The number of ether oxygens (including phenoxy) is 2. The molecule has 0 aromatic heterocycles. The van der Waals surface area contributed by atoms with Crippen molar-refractivity contribution in [2.75, 3.05) is 12.8 Å². The predicted octanol–water partition coefficient (Wildman–Crippen LogP) is 3.77. The van der Waals surface area contributed by atoms with Gasteiger partial charge in [-0.15, -0.1) is 0 Å². The van der Waals surface area contributed by atoms with Crippen molar-refractivity contribution in [1.82, 2.24) is 0 Å². The van der Waals surface area contributed by atoms with Gasteiger partial charge >= 0.3 is 5.97 Å². The standard InChI is InChI=1S/C25H25FN2O4/c1-31-25(30)24(28)12-16-6-9-19(10-7-16)32-20-11-8-17(22(26)14-20)13-18(15-29)21-4-2-3-5-23(21)27/h2-11,14-15,18,24H,12-13,27-28H2,1H3. The normalized spacial score (nSPS) is 12.6. The van der Waals surface area contributed by atoms with E-state index in [-0.39, 0.29) is 6.42 Å². The molecule has 0 spiro atoms. The molecule has 3 aromatic rings. The first kappa shape index (κ1) is 23.0. The van der Waals surface area contributed by atoms with E-state index in [9.17, 15) is 14.0 Å². The van der Waals surface area contributed by atoms with Crippen molar-refractivity contribution in [3.8, 4) is 11.5 Å². The van der Waals surface area contributed by atoms with E-state index in [2.05, 4.69) is 4.74 Å². The summed E-state index contributed by atoms with van der Waals surface area (Å²) in [6.07, 6.45) is 1.31. The lowest BCUT2D eigenvalue weighted by Crippen LogP contribution is -2.33. The molecule has 0 amide bonds. The Balaban J connectivity index is 1.67. The third-order valence-electron chi connectivity index (χ3n) is 5.14. The zero-order chi connectivity index (χ0) is 23.1. The minimum atomic E-state index is -0.741. The largest absolute Gasteiger partial charge is 0.468 e. The molecular formula is C25H25FN2O4. The molecule has 0 fully saturated rings. The van der Waals surface area contributed by atoms with E-state index < -0.39 is 23.7 Å². The molecule has 0 aliphatic rings. The van der Waals surface area contributed by atoms with Gasteiger partial charge in [0, 0.05) is 17.7 Å². The Morgan fingerprint density at radius 3 is 2.34 bits per heavy atom. The summed E-state index contributed by atoms with van der Waals surface area (Å²) in [5, 5.41) is 0. The van der Waals surface area contributed by atoms with Crippen LogP contribution in [0.2, 0.25) is 0 Å². The summed E-state index contributed by atoms with van der Waals surface area (Å²) in [5.41, 5.74) is 14.1. The summed E-state index contributed by atoms with van der Waals surface area (Å²) >= 11 is 0. The zero-order valence-corrected chi connectivity index (χ0v) is 17.7. The van der Waals surface area contributed by atoms with Crippen LogP contribution in [0.1, 0.15) is 22.6 Å². The van der Waals surface area contributed by atoms with Gasteiger partial charge in [0.05, 0.1) is 7.11 Å². The summed E-state index contributed by atoms with van der Waals surface area (Å²) < 4.78 is 25.0. The van der Waals surface area contributed by atoms with Gasteiger partial charge in [-0.05, 0) is 53.8 Å². The van der Waals surface area contributed by atoms with Gasteiger partial charge in [-0.2, -0.15) is 0 Å². The summed E-state index contributed by atoms with van der Waals surface area (Å²) in [5.74, 6) is -0.652. The molecule has 7 heteroatoms. The Morgan fingerprint density at radius 1 is 1.03 bits per heavy atom. The highest BCUT2D eigenvalue weighted by atomic mass is 19.1. The van der Waals surface area contributed by atoms with Crippen molar-refractivity contribution in [3.05, 3.63) is 89.2 Å². The van der Waals surface area contributed by atoms with Crippen molar-refractivity contribution in [2.24, 2.45) is 5.73 Å². The molecule has 0 radical (unpaired) electrons. The number of halogens is 1. The second-order valence-corrected chi connectivity index (χ2v) is 7.41. The Kier molecular flexibility index (Phi) is 7.57. The van der Waals surface area contributed by atoms with Gasteiger partial charge in [-0.3, -0.25) is 4.79 Å². The molecule has 3 aromatic carbocycles. The number of para-hydroxylation sites is 1. The van der Waals surface area contributed by atoms with Crippen LogP contribution in [0, 0.1) is 5.82 Å². The second kappa shape index (κ2) is 10.5. The number of hydrogen-bond donors (Lipinski definition) is 2. The maximum atomic E-state index is 14.7. The van der Waals surface area contributed by atoms with Gasteiger partial charge in [-0.25, -0.2) is 4.39 Å².